The number of rotatable bonds is 8. The minimum Gasteiger partial charge on any atom is -0.356 e. The SMILES string of the molecule is CCCCCC(C)NC(=NC)NCCC(=O)N(C)C.I. The minimum atomic E-state index is 0. The number of unbranched alkanes of at least 4 members (excludes halogenated alkanes) is 2. The average molecular weight is 398 g/mol. The summed E-state index contributed by atoms with van der Waals surface area (Å²) in [6, 6.07) is 0.405. The minimum absolute atomic E-state index is 0. The van der Waals surface area contributed by atoms with Gasteiger partial charge in [-0.15, -0.1) is 24.0 Å². The van der Waals surface area contributed by atoms with Gasteiger partial charge in [0.15, 0.2) is 5.96 Å². The van der Waals surface area contributed by atoms with Crippen molar-refractivity contribution in [3.05, 3.63) is 0 Å². The first kappa shape index (κ1) is 21.8. The van der Waals surface area contributed by atoms with Gasteiger partial charge in [-0.2, -0.15) is 0 Å². The molecule has 0 saturated carbocycles. The molecule has 5 nitrogen and oxygen atoms in total. The molecule has 0 aromatic carbocycles. The summed E-state index contributed by atoms with van der Waals surface area (Å²) in [6.45, 7) is 4.98. The first-order valence-electron chi connectivity index (χ1n) is 7.18. The van der Waals surface area contributed by atoms with E-state index >= 15 is 0 Å². The summed E-state index contributed by atoms with van der Waals surface area (Å²) < 4.78 is 0. The third kappa shape index (κ3) is 11.3. The Morgan fingerprint density at radius 2 is 1.95 bits per heavy atom. The smallest absolute Gasteiger partial charge is 0.223 e. The lowest BCUT2D eigenvalue weighted by atomic mass is 10.1. The molecular weight excluding hydrogens is 367 g/mol. The van der Waals surface area contributed by atoms with Crippen LogP contribution in [-0.4, -0.2) is 50.5 Å². The average Bonchev–Trinajstić information content (AvgIpc) is 2.37. The molecule has 0 aliphatic rings. The molecule has 0 heterocycles. The van der Waals surface area contributed by atoms with Crippen LogP contribution in [0.3, 0.4) is 0 Å². The molecule has 0 bridgehead atoms. The van der Waals surface area contributed by atoms with E-state index in [0.717, 1.165) is 12.4 Å². The standard InChI is InChI=1S/C14H30N4O.HI/c1-6-7-8-9-12(2)17-14(15-3)16-11-10-13(19)18(4)5;/h12H,6-11H2,1-5H3,(H2,15,16,17);1H. The molecule has 1 unspecified atom stereocenters. The number of nitrogens with zero attached hydrogens (tertiary/aromatic N) is 2. The summed E-state index contributed by atoms with van der Waals surface area (Å²) in [6.07, 6.45) is 5.38. The van der Waals surface area contributed by atoms with Crippen LogP contribution in [0.15, 0.2) is 4.99 Å². The van der Waals surface area contributed by atoms with Crippen molar-refractivity contribution in [2.45, 2.75) is 52.0 Å². The number of carbonyl (C=O) groups is 1. The van der Waals surface area contributed by atoms with Crippen molar-refractivity contribution in [1.29, 1.82) is 0 Å². The quantitative estimate of drug-likeness (QED) is 0.285. The lowest BCUT2D eigenvalue weighted by Gasteiger charge is -2.18. The van der Waals surface area contributed by atoms with E-state index < -0.39 is 0 Å². The van der Waals surface area contributed by atoms with E-state index in [1.807, 2.05) is 0 Å². The third-order valence-corrected chi connectivity index (χ3v) is 2.98. The second-order valence-electron chi connectivity index (χ2n) is 5.08. The van der Waals surface area contributed by atoms with Crippen LogP contribution in [0.25, 0.3) is 0 Å². The molecule has 1 amide bonds. The Kier molecular flexibility index (Phi) is 14.6. The van der Waals surface area contributed by atoms with Gasteiger partial charge in [-0.1, -0.05) is 26.2 Å². The molecule has 0 rings (SSSR count). The third-order valence-electron chi connectivity index (χ3n) is 2.98. The molecule has 0 aromatic rings. The topological polar surface area (TPSA) is 56.7 Å². The van der Waals surface area contributed by atoms with Gasteiger partial charge >= 0.3 is 0 Å². The lowest BCUT2D eigenvalue weighted by molar-refractivity contribution is -0.128. The summed E-state index contributed by atoms with van der Waals surface area (Å²) >= 11 is 0. The van der Waals surface area contributed by atoms with Gasteiger partial charge in [0.25, 0.3) is 0 Å². The van der Waals surface area contributed by atoms with Crippen LogP contribution in [0.2, 0.25) is 0 Å². The zero-order chi connectivity index (χ0) is 14.7. The molecule has 20 heavy (non-hydrogen) atoms. The van der Waals surface area contributed by atoms with E-state index in [0.29, 0.717) is 19.0 Å². The summed E-state index contributed by atoms with van der Waals surface area (Å²) in [4.78, 5) is 17.2. The number of halogens is 1. The Bertz CT molecular complexity index is 282. The van der Waals surface area contributed by atoms with Crippen molar-refractivity contribution in [1.82, 2.24) is 15.5 Å². The molecule has 0 saturated heterocycles. The normalized spacial score (nSPS) is 12.3. The second kappa shape index (κ2) is 13.5. The maximum Gasteiger partial charge on any atom is 0.223 e. The molecule has 1 atom stereocenters. The first-order chi connectivity index (χ1) is 9.01. The predicted molar refractivity (Wildman–Crippen MR) is 96.8 cm³/mol. The summed E-state index contributed by atoms with van der Waals surface area (Å²) in [7, 11) is 5.29. The van der Waals surface area contributed by atoms with Gasteiger partial charge in [-0.25, -0.2) is 0 Å². The highest BCUT2D eigenvalue weighted by molar-refractivity contribution is 14.0. The van der Waals surface area contributed by atoms with Crippen LogP contribution in [0.1, 0.15) is 46.0 Å². The fourth-order valence-electron chi connectivity index (χ4n) is 1.71. The van der Waals surface area contributed by atoms with E-state index in [-0.39, 0.29) is 29.9 Å². The van der Waals surface area contributed by atoms with Crippen LogP contribution >= 0.6 is 24.0 Å². The van der Waals surface area contributed by atoms with E-state index in [4.69, 9.17) is 0 Å². The number of carbonyl (C=O) groups excluding carboxylic acids is 1. The zero-order valence-electron chi connectivity index (χ0n) is 13.5. The Balaban J connectivity index is 0. The van der Waals surface area contributed by atoms with Crippen LogP contribution in [0, 0.1) is 0 Å². The molecule has 120 valence electrons. The van der Waals surface area contributed by atoms with Gasteiger partial charge < -0.3 is 15.5 Å². The second-order valence-corrected chi connectivity index (χ2v) is 5.08. The van der Waals surface area contributed by atoms with Crippen LogP contribution < -0.4 is 10.6 Å². The highest BCUT2D eigenvalue weighted by Gasteiger charge is 2.06. The highest BCUT2D eigenvalue weighted by Crippen LogP contribution is 2.02. The number of hydrogen-bond donors (Lipinski definition) is 2. The lowest BCUT2D eigenvalue weighted by Crippen LogP contribution is -2.43. The molecule has 0 radical (unpaired) electrons. The summed E-state index contributed by atoms with van der Waals surface area (Å²) in [5, 5.41) is 6.51. The Morgan fingerprint density at radius 3 is 2.45 bits per heavy atom. The largest absolute Gasteiger partial charge is 0.356 e. The van der Waals surface area contributed by atoms with Crippen molar-refractivity contribution in [3.63, 3.8) is 0 Å². The highest BCUT2D eigenvalue weighted by atomic mass is 127. The monoisotopic (exact) mass is 398 g/mol. The molecular formula is C14H31IN4O. The van der Waals surface area contributed by atoms with E-state index in [1.54, 1.807) is 26.0 Å². The van der Waals surface area contributed by atoms with Gasteiger partial charge in [0.05, 0.1) is 0 Å². The summed E-state index contributed by atoms with van der Waals surface area (Å²) in [5.41, 5.74) is 0. The fourth-order valence-corrected chi connectivity index (χ4v) is 1.71. The molecule has 0 fully saturated rings. The molecule has 0 aliphatic carbocycles. The molecule has 0 spiro atoms. The van der Waals surface area contributed by atoms with Gasteiger partial charge in [0, 0.05) is 40.2 Å². The van der Waals surface area contributed by atoms with Crippen LogP contribution in [-0.2, 0) is 4.79 Å². The van der Waals surface area contributed by atoms with Gasteiger partial charge in [0.2, 0.25) is 5.91 Å². The van der Waals surface area contributed by atoms with Crippen molar-refractivity contribution < 1.29 is 4.79 Å². The van der Waals surface area contributed by atoms with Crippen molar-refractivity contribution in [2.24, 2.45) is 4.99 Å². The van der Waals surface area contributed by atoms with Crippen LogP contribution in [0.4, 0.5) is 0 Å². The molecule has 2 N–H and O–H groups in total. The number of guanidine groups is 1. The maximum absolute atomic E-state index is 11.4. The zero-order valence-corrected chi connectivity index (χ0v) is 15.9. The van der Waals surface area contributed by atoms with Gasteiger partial charge in [0.1, 0.15) is 0 Å². The van der Waals surface area contributed by atoms with Crippen molar-refractivity contribution >= 4 is 35.8 Å². The number of hydrogen-bond acceptors (Lipinski definition) is 2. The Morgan fingerprint density at radius 1 is 1.30 bits per heavy atom. The Hall–Kier alpha value is -0.530. The maximum atomic E-state index is 11.4. The fraction of sp³-hybridized carbons (Fsp3) is 0.857. The number of aliphatic imine (C=N–C) groups is 1. The van der Waals surface area contributed by atoms with Gasteiger partial charge in [-0.05, 0) is 13.3 Å². The van der Waals surface area contributed by atoms with Gasteiger partial charge in [-0.3, -0.25) is 9.79 Å². The predicted octanol–water partition coefficient (Wildman–Crippen LogP) is 2.22. The first-order valence-corrected chi connectivity index (χ1v) is 7.18. The molecule has 0 aromatic heterocycles. The van der Waals surface area contributed by atoms with Crippen molar-refractivity contribution in [3.8, 4) is 0 Å². The van der Waals surface area contributed by atoms with Crippen LogP contribution in [0.5, 0.6) is 0 Å². The summed E-state index contributed by atoms with van der Waals surface area (Å²) in [5.74, 6) is 0.898. The molecule has 6 heteroatoms. The Labute approximate surface area is 141 Å². The van der Waals surface area contributed by atoms with E-state index in [2.05, 4.69) is 29.5 Å². The number of amides is 1. The van der Waals surface area contributed by atoms with Crippen molar-refractivity contribution in [2.75, 3.05) is 27.7 Å². The number of nitrogens with one attached hydrogen (secondary N) is 2. The van der Waals surface area contributed by atoms with E-state index in [1.165, 1.54) is 19.3 Å². The molecule has 0 aliphatic heterocycles. The van der Waals surface area contributed by atoms with E-state index in [9.17, 15) is 4.79 Å².